The molecular weight excluding hydrogens is 316 g/mol. The van der Waals surface area contributed by atoms with Crippen LogP contribution in [0.15, 0.2) is 84.9 Å². The summed E-state index contributed by atoms with van der Waals surface area (Å²) in [4.78, 5) is 0. The molecule has 3 rings (SSSR count). The predicted octanol–water partition coefficient (Wildman–Crippen LogP) is 6.49. The van der Waals surface area contributed by atoms with E-state index in [2.05, 4.69) is 98.8 Å². The van der Waals surface area contributed by atoms with Crippen LogP contribution in [-0.2, 0) is 6.42 Å². The molecule has 0 saturated heterocycles. The fourth-order valence-electron chi connectivity index (χ4n) is 3.72. The van der Waals surface area contributed by atoms with Crippen LogP contribution in [0, 0.1) is 5.41 Å². The van der Waals surface area contributed by atoms with Gasteiger partial charge < -0.3 is 4.74 Å². The Kier molecular flexibility index (Phi) is 5.78. The molecule has 0 N–H and O–H groups in total. The topological polar surface area (TPSA) is 9.23 Å². The standard InChI is InChI=1S/C25H28O/c1-25(2,18-20-14-16-23(26-3)17-15-20)19-24(21-10-6-4-7-11-21)22-12-8-5-9-13-22/h4-17,24H,18-19H2,1-3H3. The zero-order valence-corrected chi connectivity index (χ0v) is 16.0. The summed E-state index contributed by atoms with van der Waals surface area (Å²) in [6, 6.07) is 30.2. The average molecular weight is 344 g/mol. The van der Waals surface area contributed by atoms with Crippen molar-refractivity contribution in [3.63, 3.8) is 0 Å². The van der Waals surface area contributed by atoms with Gasteiger partial charge in [0.2, 0.25) is 0 Å². The molecule has 1 heteroatoms. The minimum absolute atomic E-state index is 0.185. The Bertz CT molecular complexity index is 749. The predicted molar refractivity (Wildman–Crippen MR) is 110 cm³/mol. The first kappa shape index (κ1) is 18.3. The molecule has 0 spiro atoms. The Labute approximate surface area is 157 Å². The molecule has 0 radical (unpaired) electrons. The summed E-state index contributed by atoms with van der Waals surface area (Å²) in [5.41, 5.74) is 4.32. The van der Waals surface area contributed by atoms with Crippen LogP contribution in [-0.4, -0.2) is 7.11 Å². The van der Waals surface area contributed by atoms with Gasteiger partial charge in [-0.1, -0.05) is 86.6 Å². The number of benzene rings is 3. The monoisotopic (exact) mass is 344 g/mol. The molecule has 0 unspecified atom stereocenters. The Morgan fingerprint density at radius 1 is 0.731 bits per heavy atom. The van der Waals surface area contributed by atoms with E-state index < -0.39 is 0 Å². The molecule has 0 fully saturated rings. The Morgan fingerprint density at radius 2 is 1.23 bits per heavy atom. The van der Waals surface area contributed by atoms with Crippen molar-refractivity contribution in [3.05, 3.63) is 102 Å². The van der Waals surface area contributed by atoms with Crippen LogP contribution in [0.25, 0.3) is 0 Å². The molecule has 26 heavy (non-hydrogen) atoms. The van der Waals surface area contributed by atoms with Gasteiger partial charge in [-0.05, 0) is 47.1 Å². The van der Waals surface area contributed by atoms with Crippen LogP contribution < -0.4 is 4.74 Å². The molecule has 3 aromatic carbocycles. The highest BCUT2D eigenvalue weighted by Gasteiger charge is 2.26. The van der Waals surface area contributed by atoms with Gasteiger partial charge in [-0.25, -0.2) is 0 Å². The highest BCUT2D eigenvalue weighted by atomic mass is 16.5. The Balaban J connectivity index is 1.82. The largest absolute Gasteiger partial charge is 0.497 e. The summed E-state index contributed by atoms with van der Waals surface area (Å²) < 4.78 is 5.28. The van der Waals surface area contributed by atoms with Gasteiger partial charge in [-0.2, -0.15) is 0 Å². The van der Waals surface area contributed by atoms with Gasteiger partial charge >= 0.3 is 0 Å². The number of methoxy groups -OCH3 is 1. The van der Waals surface area contributed by atoms with E-state index in [4.69, 9.17) is 4.74 Å². The second-order valence-electron chi connectivity index (χ2n) is 7.77. The van der Waals surface area contributed by atoms with Gasteiger partial charge in [0.25, 0.3) is 0 Å². The van der Waals surface area contributed by atoms with Gasteiger partial charge in [0.05, 0.1) is 7.11 Å². The van der Waals surface area contributed by atoms with E-state index in [1.165, 1.54) is 16.7 Å². The summed E-state index contributed by atoms with van der Waals surface area (Å²) in [6.45, 7) is 4.74. The Hall–Kier alpha value is -2.54. The van der Waals surface area contributed by atoms with Crippen molar-refractivity contribution >= 4 is 0 Å². The van der Waals surface area contributed by atoms with E-state index in [0.717, 1.165) is 18.6 Å². The molecular formula is C25H28O. The van der Waals surface area contributed by atoms with E-state index in [0.29, 0.717) is 5.92 Å². The minimum atomic E-state index is 0.185. The smallest absolute Gasteiger partial charge is 0.118 e. The van der Waals surface area contributed by atoms with Crippen LogP contribution in [0.3, 0.4) is 0 Å². The van der Waals surface area contributed by atoms with E-state index >= 15 is 0 Å². The van der Waals surface area contributed by atoms with Crippen molar-refractivity contribution < 1.29 is 4.74 Å². The first-order valence-corrected chi connectivity index (χ1v) is 9.30. The van der Waals surface area contributed by atoms with Crippen molar-refractivity contribution in [2.45, 2.75) is 32.6 Å². The van der Waals surface area contributed by atoms with Crippen molar-refractivity contribution in [2.75, 3.05) is 7.11 Å². The van der Waals surface area contributed by atoms with E-state index in [1.54, 1.807) is 7.11 Å². The van der Waals surface area contributed by atoms with Gasteiger partial charge in [0.1, 0.15) is 5.75 Å². The van der Waals surface area contributed by atoms with Gasteiger partial charge in [-0.3, -0.25) is 0 Å². The normalized spacial score (nSPS) is 11.5. The highest BCUT2D eigenvalue weighted by Crippen LogP contribution is 2.38. The zero-order chi connectivity index (χ0) is 18.4. The molecule has 0 amide bonds. The molecule has 0 aliphatic carbocycles. The molecule has 0 heterocycles. The fourth-order valence-corrected chi connectivity index (χ4v) is 3.72. The molecule has 0 aromatic heterocycles. The SMILES string of the molecule is COc1ccc(CC(C)(C)CC(c2ccccc2)c2ccccc2)cc1. The van der Waals surface area contributed by atoms with Crippen LogP contribution in [0.1, 0.15) is 42.9 Å². The lowest BCUT2D eigenvalue weighted by molar-refractivity contribution is 0.315. The third-order valence-electron chi connectivity index (χ3n) is 5.00. The van der Waals surface area contributed by atoms with Crippen molar-refractivity contribution in [1.82, 2.24) is 0 Å². The summed E-state index contributed by atoms with van der Waals surface area (Å²) >= 11 is 0. The van der Waals surface area contributed by atoms with Crippen LogP contribution >= 0.6 is 0 Å². The summed E-state index contributed by atoms with van der Waals surface area (Å²) in [5.74, 6) is 1.32. The first-order chi connectivity index (χ1) is 12.6. The summed E-state index contributed by atoms with van der Waals surface area (Å²) in [6.07, 6.45) is 2.15. The summed E-state index contributed by atoms with van der Waals surface area (Å²) in [5, 5.41) is 0. The minimum Gasteiger partial charge on any atom is -0.497 e. The lowest BCUT2D eigenvalue weighted by atomic mass is 9.74. The number of hydrogen-bond donors (Lipinski definition) is 0. The molecule has 0 atom stereocenters. The Morgan fingerprint density at radius 3 is 1.69 bits per heavy atom. The molecule has 0 bridgehead atoms. The lowest BCUT2D eigenvalue weighted by Crippen LogP contribution is -2.20. The molecule has 0 aliphatic heterocycles. The van der Waals surface area contributed by atoms with E-state index in [-0.39, 0.29) is 5.41 Å². The molecule has 3 aromatic rings. The van der Waals surface area contributed by atoms with E-state index in [1.807, 2.05) is 0 Å². The molecule has 134 valence electrons. The van der Waals surface area contributed by atoms with Gasteiger partial charge in [0.15, 0.2) is 0 Å². The van der Waals surface area contributed by atoms with Crippen LogP contribution in [0.2, 0.25) is 0 Å². The fraction of sp³-hybridized carbons (Fsp3) is 0.280. The van der Waals surface area contributed by atoms with Crippen molar-refractivity contribution in [1.29, 1.82) is 0 Å². The quantitative estimate of drug-likeness (QED) is 0.476. The molecule has 0 aliphatic rings. The van der Waals surface area contributed by atoms with Crippen LogP contribution in [0.4, 0.5) is 0 Å². The van der Waals surface area contributed by atoms with Crippen molar-refractivity contribution in [2.24, 2.45) is 5.41 Å². The maximum Gasteiger partial charge on any atom is 0.118 e. The number of rotatable bonds is 7. The summed E-state index contributed by atoms with van der Waals surface area (Å²) in [7, 11) is 1.71. The zero-order valence-electron chi connectivity index (χ0n) is 16.0. The first-order valence-electron chi connectivity index (χ1n) is 9.30. The number of hydrogen-bond acceptors (Lipinski definition) is 1. The number of ether oxygens (including phenoxy) is 1. The second kappa shape index (κ2) is 8.23. The average Bonchev–Trinajstić information content (AvgIpc) is 2.68. The van der Waals surface area contributed by atoms with Gasteiger partial charge in [-0.15, -0.1) is 0 Å². The molecule has 1 nitrogen and oxygen atoms in total. The van der Waals surface area contributed by atoms with E-state index in [9.17, 15) is 0 Å². The molecule has 0 saturated carbocycles. The maximum absolute atomic E-state index is 5.28. The third-order valence-corrected chi connectivity index (χ3v) is 5.00. The third kappa shape index (κ3) is 4.76. The van der Waals surface area contributed by atoms with Gasteiger partial charge in [0, 0.05) is 5.92 Å². The van der Waals surface area contributed by atoms with Crippen LogP contribution in [0.5, 0.6) is 5.75 Å². The van der Waals surface area contributed by atoms with Crippen molar-refractivity contribution in [3.8, 4) is 5.75 Å². The maximum atomic E-state index is 5.28. The highest BCUT2D eigenvalue weighted by molar-refractivity contribution is 5.33. The lowest BCUT2D eigenvalue weighted by Gasteiger charge is -2.31. The second-order valence-corrected chi connectivity index (χ2v) is 7.77.